The van der Waals surface area contributed by atoms with E-state index in [-0.39, 0.29) is 11.7 Å². The minimum absolute atomic E-state index is 0.0483. The molecule has 0 aromatic heterocycles. The van der Waals surface area contributed by atoms with E-state index in [1.165, 1.54) is 18.6 Å². The van der Waals surface area contributed by atoms with Crippen LogP contribution in [0.5, 0.6) is 0 Å². The second-order valence-corrected chi connectivity index (χ2v) is 5.82. The van der Waals surface area contributed by atoms with Crippen LogP contribution in [0.1, 0.15) is 24.0 Å². The van der Waals surface area contributed by atoms with E-state index in [4.69, 9.17) is 10.9 Å². The van der Waals surface area contributed by atoms with Crippen molar-refractivity contribution in [1.29, 1.82) is 0 Å². The molecule has 1 aromatic carbocycles. The van der Waals surface area contributed by atoms with Gasteiger partial charge in [0.25, 0.3) is 0 Å². The summed E-state index contributed by atoms with van der Waals surface area (Å²) in [6.45, 7) is 2.70. The molecule has 0 amide bonds. The molecule has 0 aliphatic carbocycles. The molecular formula is C15H23FN4O. The van der Waals surface area contributed by atoms with Gasteiger partial charge in [0.2, 0.25) is 0 Å². The fraction of sp³-hybridized carbons (Fsp3) is 0.533. The Balaban J connectivity index is 2.19. The Bertz CT molecular complexity index is 518. The van der Waals surface area contributed by atoms with Crippen LogP contribution in [0.3, 0.4) is 0 Å². The van der Waals surface area contributed by atoms with Gasteiger partial charge in [-0.1, -0.05) is 11.2 Å². The minimum atomic E-state index is -0.383. The highest BCUT2D eigenvalue weighted by Gasteiger charge is 2.25. The van der Waals surface area contributed by atoms with Gasteiger partial charge in [0.15, 0.2) is 5.84 Å². The maximum Gasteiger partial charge on any atom is 0.170 e. The van der Waals surface area contributed by atoms with Gasteiger partial charge in [-0.25, -0.2) is 4.39 Å². The molecule has 0 radical (unpaired) electrons. The van der Waals surface area contributed by atoms with Gasteiger partial charge in [0.05, 0.1) is 0 Å². The summed E-state index contributed by atoms with van der Waals surface area (Å²) in [5.74, 6) is -0.431. The molecule has 1 aliphatic rings. The van der Waals surface area contributed by atoms with Gasteiger partial charge in [-0.15, -0.1) is 0 Å². The molecule has 1 aliphatic heterocycles. The van der Waals surface area contributed by atoms with Crippen LogP contribution in [0.4, 0.5) is 4.39 Å². The fourth-order valence-corrected chi connectivity index (χ4v) is 2.93. The number of hydrogen-bond acceptors (Lipinski definition) is 4. The molecule has 1 unspecified atom stereocenters. The topological polar surface area (TPSA) is 65.1 Å². The number of nitrogens with zero attached hydrogens (tertiary/aromatic N) is 3. The van der Waals surface area contributed by atoms with E-state index in [9.17, 15) is 4.39 Å². The van der Waals surface area contributed by atoms with Crippen molar-refractivity contribution in [3.63, 3.8) is 0 Å². The van der Waals surface area contributed by atoms with Gasteiger partial charge in [0, 0.05) is 24.7 Å². The van der Waals surface area contributed by atoms with Crippen LogP contribution >= 0.6 is 0 Å². The summed E-state index contributed by atoms with van der Waals surface area (Å²) in [5, 5.41) is 11.9. The van der Waals surface area contributed by atoms with E-state index in [0.717, 1.165) is 25.1 Å². The first-order chi connectivity index (χ1) is 10.0. The van der Waals surface area contributed by atoms with Crippen molar-refractivity contribution >= 4 is 5.84 Å². The van der Waals surface area contributed by atoms with Gasteiger partial charge in [-0.05, 0) is 51.2 Å². The van der Waals surface area contributed by atoms with Crippen molar-refractivity contribution < 1.29 is 9.60 Å². The quantitative estimate of drug-likeness (QED) is 0.373. The molecule has 0 bridgehead atoms. The van der Waals surface area contributed by atoms with Crippen molar-refractivity contribution in [3.8, 4) is 0 Å². The molecule has 6 heteroatoms. The number of oxime groups is 1. The van der Waals surface area contributed by atoms with Crippen molar-refractivity contribution in [2.75, 3.05) is 27.2 Å². The maximum atomic E-state index is 13.4. The molecule has 1 atom stereocenters. The first-order valence-corrected chi connectivity index (χ1v) is 7.16. The van der Waals surface area contributed by atoms with Crippen LogP contribution in [0.25, 0.3) is 0 Å². The number of rotatable bonds is 5. The lowest BCUT2D eigenvalue weighted by atomic mass is 10.1. The van der Waals surface area contributed by atoms with Crippen LogP contribution in [0.2, 0.25) is 0 Å². The lowest BCUT2D eigenvalue weighted by Crippen LogP contribution is -2.37. The molecule has 1 heterocycles. The Labute approximate surface area is 124 Å². The lowest BCUT2D eigenvalue weighted by molar-refractivity contribution is 0.201. The number of likely N-dealkylation sites (N-methyl/N-ethyl adjacent to an activating group) is 1. The van der Waals surface area contributed by atoms with Gasteiger partial charge < -0.3 is 15.8 Å². The SMILES string of the molecule is CN(C)CC1CCCN1Cc1ccc(F)cc1C(N)=NO. The minimum Gasteiger partial charge on any atom is -0.409 e. The molecule has 5 nitrogen and oxygen atoms in total. The Morgan fingerprint density at radius 3 is 2.95 bits per heavy atom. The predicted octanol–water partition coefficient (Wildman–Crippen LogP) is 1.45. The Hall–Kier alpha value is -1.66. The van der Waals surface area contributed by atoms with Crippen molar-refractivity contribution in [2.24, 2.45) is 10.9 Å². The predicted molar refractivity (Wildman–Crippen MR) is 80.9 cm³/mol. The van der Waals surface area contributed by atoms with Crippen LogP contribution in [0.15, 0.2) is 23.4 Å². The zero-order valence-electron chi connectivity index (χ0n) is 12.6. The Morgan fingerprint density at radius 2 is 2.29 bits per heavy atom. The molecule has 3 N–H and O–H groups in total. The second kappa shape index (κ2) is 6.87. The summed E-state index contributed by atoms with van der Waals surface area (Å²) in [4.78, 5) is 4.56. The molecule has 116 valence electrons. The molecule has 1 aromatic rings. The molecular weight excluding hydrogens is 271 g/mol. The molecule has 1 fully saturated rings. The number of halogens is 1. The lowest BCUT2D eigenvalue weighted by Gasteiger charge is -2.27. The fourth-order valence-electron chi connectivity index (χ4n) is 2.93. The average Bonchev–Trinajstić information content (AvgIpc) is 2.86. The second-order valence-electron chi connectivity index (χ2n) is 5.82. The third-order valence-corrected chi connectivity index (χ3v) is 3.90. The maximum absolute atomic E-state index is 13.4. The summed E-state index contributed by atoms with van der Waals surface area (Å²) >= 11 is 0. The van der Waals surface area contributed by atoms with Gasteiger partial charge in [-0.3, -0.25) is 4.90 Å². The first-order valence-electron chi connectivity index (χ1n) is 7.16. The van der Waals surface area contributed by atoms with Crippen LogP contribution in [-0.4, -0.2) is 54.1 Å². The highest BCUT2D eigenvalue weighted by atomic mass is 19.1. The summed E-state index contributed by atoms with van der Waals surface area (Å²) in [6, 6.07) is 4.94. The number of likely N-dealkylation sites (tertiary alicyclic amines) is 1. The zero-order valence-corrected chi connectivity index (χ0v) is 12.6. The molecule has 1 saturated heterocycles. The summed E-state index contributed by atoms with van der Waals surface area (Å²) < 4.78 is 13.4. The van der Waals surface area contributed by atoms with Crippen molar-refractivity contribution in [2.45, 2.75) is 25.4 Å². The van der Waals surface area contributed by atoms with Gasteiger partial charge >= 0.3 is 0 Å². The van der Waals surface area contributed by atoms with Crippen LogP contribution < -0.4 is 5.73 Å². The highest BCUT2D eigenvalue weighted by molar-refractivity contribution is 5.98. The molecule has 0 spiro atoms. The number of hydrogen-bond donors (Lipinski definition) is 2. The summed E-state index contributed by atoms with van der Waals surface area (Å²) in [7, 11) is 4.13. The van der Waals surface area contributed by atoms with Gasteiger partial charge in [-0.2, -0.15) is 0 Å². The van der Waals surface area contributed by atoms with E-state index in [0.29, 0.717) is 18.2 Å². The Kier molecular flexibility index (Phi) is 5.14. The van der Waals surface area contributed by atoms with Crippen molar-refractivity contribution in [1.82, 2.24) is 9.80 Å². The summed E-state index contributed by atoms with van der Waals surface area (Å²) in [5.41, 5.74) is 7.01. The van der Waals surface area contributed by atoms with E-state index in [1.807, 2.05) is 0 Å². The number of benzene rings is 1. The van der Waals surface area contributed by atoms with E-state index in [1.54, 1.807) is 6.07 Å². The smallest absolute Gasteiger partial charge is 0.170 e. The third kappa shape index (κ3) is 3.92. The number of nitrogens with two attached hydrogens (primary N) is 1. The van der Waals surface area contributed by atoms with Gasteiger partial charge in [0.1, 0.15) is 5.82 Å². The van der Waals surface area contributed by atoms with Crippen LogP contribution in [0, 0.1) is 5.82 Å². The largest absolute Gasteiger partial charge is 0.409 e. The van der Waals surface area contributed by atoms with E-state index >= 15 is 0 Å². The molecule has 21 heavy (non-hydrogen) atoms. The normalized spacial score (nSPS) is 20.4. The van der Waals surface area contributed by atoms with E-state index < -0.39 is 0 Å². The molecule has 2 rings (SSSR count). The highest BCUT2D eigenvalue weighted by Crippen LogP contribution is 2.22. The third-order valence-electron chi connectivity index (χ3n) is 3.90. The zero-order chi connectivity index (χ0) is 15.4. The van der Waals surface area contributed by atoms with E-state index in [2.05, 4.69) is 29.1 Å². The Morgan fingerprint density at radius 1 is 1.52 bits per heavy atom. The van der Waals surface area contributed by atoms with Crippen LogP contribution in [-0.2, 0) is 6.54 Å². The summed E-state index contributed by atoms with van der Waals surface area (Å²) in [6.07, 6.45) is 2.33. The standard InChI is InChI=1S/C15H23FN4O/c1-19(2)10-13-4-3-7-20(13)9-11-5-6-12(16)8-14(11)15(17)18-21/h5-6,8,13,21H,3-4,7,9-10H2,1-2H3,(H2,17,18). The average molecular weight is 294 g/mol. The number of amidine groups is 1. The first kappa shape index (κ1) is 15.7. The molecule has 0 saturated carbocycles. The van der Waals surface area contributed by atoms with Crippen molar-refractivity contribution in [3.05, 3.63) is 35.1 Å². The monoisotopic (exact) mass is 294 g/mol.